The lowest BCUT2D eigenvalue weighted by Crippen LogP contribution is -2.45. The molecule has 0 aromatic heterocycles. The minimum absolute atomic E-state index is 0.0683. The van der Waals surface area contributed by atoms with Gasteiger partial charge < -0.3 is 16.0 Å². The van der Waals surface area contributed by atoms with Crippen LogP contribution in [0.2, 0.25) is 0 Å². The van der Waals surface area contributed by atoms with Gasteiger partial charge >= 0.3 is 0 Å². The third-order valence-corrected chi connectivity index (χ3v) is 5.18. The molecule has 7 heteroatoms. The number of halogens is 1. The Bertz CT molecular complexity index is 945. The van der Waals surface area contributed by atoms with E-state index in [-0.39, 0.29) is 23.9 Å². The van der Waals surface area contributed by atoms with Crippen LogP contribution in [0.25, 0.3) is 0 Å². The maximum Gasteiger partial charge on any atom is 0.258 e. The molecule has 0 spiro atoms. The lowest BCUT2D eigenvalue weighted by atomic mass is 9.97. The van der Waals surface area contributed by atoms with E-state index in [0.29, 0.717) is 17.8 Å². The summed E-state index contributed by atoms with van der Waals surface area (Å²) in [4.78, 5) is 38.6. The molecule has 3 rings (SSSR count). The molecule has 1 saturated heterocycles. The molecule has 1 aliphatic rings. The van der Waals surface area contributed by atoms with Gasteiger partial charge in [0, 0.05) is 30.3 Å². The first kappa shape index (κ1) is 20.5. The van der Waals surface area contributed by atoms with Crippen LogP contribution in [-0.2, 0) is 4.79 Å². The fourth-order valence-corrected chi connectivity index (χ4v) is 3.60. The van der Waals surface area contributed by atoms with Gasteiger partial charge in [-0.3, -0.25) is 14.4 Å². The van der Waals surface area contributed by atoms with Crippen LogP contribution in [0.15, 0.2) is 42.5 Å². The first-order valence-electron chi connectivity index (χ1n) is 9.62. The summed E-state index contributed by atoms with van der Waals surface area (Å²) < 4.78 is 13.9. The Morgan fingerprint density at radius 1 is 1.17 bits per heavy atom. The molecule has 0 saturated carbocycles. The van der Waals surface area contributed by atoms with Crippen molar-refractivity contribution in [1.29, 1.82) is 0 Å². The molecule has 29 heavy (non-hydrogen) atoms. The topological polar surface area (TPSA) is 92.5 Å². The molecule has 2 aromatic carbocycles. The second-order valence-corrected chi connectivity index (χ2v) is 7.28. The number of hydrogen-bond donors (Lipinski definition) is 2. The van der Waals surface area contributed by atoms with Crippen molar-refractivity contribution in [2.75, 3.05) is 11.9 Å². The zero-order valence-corrected chi connectivity index (χ0v) is 16.3. The molecule has 1 fully saturated rings. The largest absolute Gasteiger partial charge is 0.370 e. The van der Waals surface area contributed by atoms with Crippen molar-refractivity contribution in [3.63, 3.8) is 0 Å². The Kier molecular flexibility index (Phi) is 6.26. The second-order valence-electron chi connectivity index (χ2n) is 7.28. The molecule has 2 aromatic rings. The van der Waals surface area contributed by atoms with E-state index in [2.05, 4.69) is 5.32 Å². The second kappa shape index (κ2) is 8.86. The maximum absolute atomic E-state index is 13.9. The number of carbonyl (C=O) groups excluding carboxylic acids is 3. The SMILES string of the molecule is Cc1ccc(C(=O)N2CCCCC2CC(N)=O)cc1NC(=O)c1ccccc1F. The molecule has 1 aliphatic heterocycles. The third kappa shape index (κ3) is 4.80. The van der Waals surface area contributed by atoms with Gasteiger partial charge in [-0.15, -0.1) is 0 Å². The monoisotopic (exact) mass is 397 g/mol. The average molecular weight is 397 g/mol. The number of piperidine rings is 1. The van der Waals surface area contributed by atoms with E-state index in [1.54, 1.807) is 36.1 Å². The first-order chi connectivity index (χ1) is 13.9. The van der Waals surface area contributed by atoms with Crippen LogP contribution in [0.3, 0.4) is 0 Å². The van der Waals surface area contributed by atoms with Gasteiger partial charge in [-0.25, -0.2) is 4.39 Å². The molecule has 152 valence electrons. The quantitative estimate of drug-likeness (QED) is 0.811. The van der Waals surface area contributed by atoms with E-state index in [4.69, 9.17) is 5.73 Å². The highest BCUT2D eigenvalue weighted by Crippen LogP contribution is 2.25. The standard InChI is InChI=1S/C22H24FN3O3/c1-14-9-10-15(22(29)26-11-5-4-6-16(26)13-20(24)27)12-19(14)25-21(28)17-7-2-3-8-18(17)23/h2-3,7-10,12,16H,4-6,11,13H2,1H3,(H2,24,27)(H,25,28). The zero-order chi connectivity index (χ0) is 21.0. The van der Waals surface area contributed by atoms with Crippen LogP contribution < -0.4 is 11.1 Å². The summed E-state index contributed by atoms with van der Waals surface area (Å²) >= 11 is 0. The van der Waals surface area contributed by atoms with Crippen molar-refractivity contribution < 1.29 is 18.8 Å². The normalized spacial score (nSPS) is 16.3. The van der Waals surface area contributed by atoms with Gasteiger partial charge in [0.25, 0.3) is 11.8 Å². The van der Waals surface area contributed by atoms with E-state index < -0.39 is 17.6 Å². The van der Waals surface area contributed by atoms with E-state index in [9.17, 15) is 18.8 Å². The average Bonchev–Trinajstić information content (AvgIpc) is 2.69. The lowest BCUT2D eigenvalue weighted by molar-refractivity contribution is -0.119. The Balaban J connectivity index is 1.82. The number of amides is 3. The minimum Gasteiger partial charge on any atom is -0.370 e. The summed E-state index contributed by atoms with van der Waals surface area (Å²) in [6.45, 7) is 2.35. The van der Waals surface area contributed by atoms with Gasteiger partial charge in [-0.1, -0.05) is 18.2 Å². The summed E-state index contributed by atoms with van der Waals surface area (Å²) in [5.41, 5.74) is 6.85. The van der Waals surface area contributed by atoms with E-state index in [0.717, 1.165) is 24.8 Å². The van der Waals surface area contributed by atoms with Gasteiger partial charge in [-0.05, 0) is 56.0 Å². The lowest BCUT2D eigenvalue weighted by Gasteiger charge is -2.35. The molecule has 3 N–H and O–H groups in total. The number of anilines is 1. The molecule has 6 nitrogen and oxygen atoms in total. The van der Waals surface area contributed by atoms with Crippen molar-refractivity contribution in [3.8, 4) is 0 Å². The summed E-state index contributed by atoms with van der Waals surface area (Å²) in [5.74, 6) is -1.84. The molecule has 1 heterocycles. The zero-order valence-electron chi connectivity index (χ0n) is 16.3. The predicted molar refractivity (Wildman–Crippen MR) is 108 cm³/mol. The summed E-state index contributed by atoms with van der Waals surface area (Å²) in [5, 5.41) is 2.69. The smallest absolute Gasteiger partial charge is 0.258 e. The van der Waals surface area contributed by atoms with Gasteiger partial charge in [0.1, 0.15) is 5.82 Å². The van der Waals surface area contributed by atoms with Gasteiger partial charge in [-0.2, -0.15) is 0 Å². The first-order valence-corrected chi connectivity index (χ1v) is 9.62. The van der Waals surface area contributed by atoms with Crippen molar-refractivity contribution >= 4 is 23.4 Å². The van der Waals surface area contributed by atoms with E-state index in [1.807, 2.05) is 0 Å². The summed E-state index contributed by atoms with van der Waals surface area (Å²) in [6, 6.07) is 10.5. The van der Waals surface area contributed by atoms with Gasteiger partial charge in [0.2, 0.25) is 5.91 Å². The van der Waals surface area contributed by atoms with Crippen LogP contribution in [0.1, 0.15) is 52.0 Å². The molecular weight excluding hydrogens is 373 g/mol. The molecular formula is C22H24FN3O3. The van der Waals surface area contributed by atoms with Crippen molar-refractivity contribution in [1.82, 2.24) is 4.90 Å². The maximum atomic E-state index is 13.9. The molecule has 0 bridgehead atoms. The third-order valence-electron chi connectivity index (χ3n) is 5.18. The van der Waals surface area contributed by atoms with Crippen LogP contribution >= 0.6 is 0 Å². The Morgan fingerprint density at radius 2 is 1.93 bits per heavy atom. The van der Waals surface area contributed by atoms with Crippen LogP contribution in [0, 0.1) is 12.7 Å². The van der Waals surface area contributed by atoms with Crippen LogP contribution in [0.5, 0.6) is 0 Å². The summed E-state index contributed by atoms with van der Waals surface area (Å²) in [6.07, 6.45) is 2.68. The molecule has 0 radical (unpaired) electrons. The highest BCUT2D eigenvalue weighted by Gasteiger charge is 2.29. The highest BCUT2D eigenvalue weighted by atomic mass is 19.1. The number of aryl methyl sites for hydroxylation is 1. The van der Waals surface area contributed by atoms with Crippen LogP contribution in [0.4, 0.5) is 10.1 Å². The molecule has 3 amide bonds. The fraction of sp³-hybridized carbons (Fsp3) is 0.318. The number of benzene rings is 2. The van der Waals surface area contributed by atoms with Gasteiger partial charge in [0.15, 0.2) is 0 Å². The number of nitrogens with two attached hydrogens (primary N) is 1. The van der Waals surface area contributed by atoms with E-state index in [1.165, 1.54) is 18.2 Å². The fourth-order valence-electron chi connectivity index (χ4n) is 3.60. The number of rotatable bonds is 5. The predicted octanol–water partition coefficient (Wildman–Crippen LogP) is 3.26. The van der Waals surface area contributed by atoms with Crippen LogP contribution in [-0.4, -0.2) is 35.2 Å². The number of likely N-dealkylation sites (tertiary alicyclic amines) is 1. The molecule has 1 unspecified atom stereocenters. The highest BCUT2D eigenvalue weighted by molar-refractivity contribution is 6.05. The Labute approximate surface area is 168 Å². The molecule has 0 aliphatic carbocycles. The minimum atomic E-state index is -0.613. The van der Waals surface area contributed by atoms with Crippen molar-refractivity contribution in [2.24, 2.45) is 5.73 Å². The number of hydrogen-bond acceptors (Lipinski definition) is 3. The number of nitrogens with one attached hydrogen (secondary N) is 1. The van der Waals surface area contributed by atoms with Crippen molar-refractivity contribution in [2.45, 2.75) is 38.6 Å². The Morgan fingerprint density at radius 3 is 2.66 bits per heavy atom. The molecule has 1 atom stereocenters. The van der Waals surface area contributed by atoms with Gasteiger partial charge in [0.05, 0.1) is 5.56 Å². The number of primary amides is 1. The number of carbonyl (C=O) groups is 3. The van der Waals surface area contributed by atoms with Crippen molar-refractivity contribution in [3.05, 3.63) is 65.0 Å². The number of nitrogens with zero attached hydrogens (tertiary/aromatic N) is 1. The summed E-state index contributed by atoms with van der Waals surface area (Å²) in [7, 11) is 0. The van der Waals surface area contributed by atoms with E-state index >= 15 is 0 Å². The Hall–Kier alpha value is -3.22.